The molecule has 31 heavy (non-hydrogen) atoms. The highest BCUT2D eigenvalue weighted by Crippen LogP contribution is 2.35. The average molecular weight is 418 g/mol. The number of nitrogens with one attached hydrogen (secondary N) is 1. The van der Waals surface area contributed by atoms with Crippen LogP contribution in [0.2, 0.25) is 0 Å². The van der Waals surface area contributed by atoms with E-state index in [1.165, 1.54) is 5.56 Å². The number of amides is 2. The number of methoxy groups -OCH3 is 1. The summed E-state index contributed by atoms with van der Waals surface area (Å²) in [4.78, 5) is 37.9. The van der Waals surface area contributed by atoms with Crippen LogP contribution in [0.15, 0.2) is 42.5 Å². The molecule has 1 N–H and O–H groups in total. The van der Waals surface area contributed by atoms with E-state index in [0.29, 0.717) is 13.1 Å². The third-order valence-corrected chi connectivity index (χ3v) is 6.37. The van der Waals surface area contributed by atoms with Crippen LogP contribution in [-0.4, -0.2) is 46.9 Å². The van der Waals surface area contributed by atoms with Gasteiger partial charge in [-0.15, -0.1) is 0 Å². The lowest BCUT2D eigenvalue weighted by Crippen LogP contribution is -2.37. The number of hydrogen-bond acceptors (Lipinski definition) is 4. The molecule has 2 amide bonds. The van der Waals surface area contributed by atoms with E-state index in [9.17, 15) is 9.59 Å². The fourth-order valence-corrected chi connectivity index (χ4v) is 4.73. The highest BCUT2D eigenvalue weighted by molar-refractivity contribution is 6.00. The minimum absolute atomic E-state index is 0.0153. The Labute approximate surface area is 181 Å². The fraction of sp³-hybridized carbons (Fsp3) is 0.375. The number of H-pyrrole nitrogens is 1. The second kappa shape index (κ2) is 7.72. The topological polar surface area (TPSA) is 78.5 Å². The number of aryl methyl sites for hydroxylation is 1. The maximum Gasteiger partial charge on any atom is 0.228 e. The summed E-state index contributed by atoms with van der Waals surface area (Å²) in [6.45, 7) is 3.16. The van der Waals surface area contributed by atoms with Gasteiger partial charge in [0.05, 0.1) is 30.1 Å². The lowest BCUT2D eigenvalue weighted by molar-refractivity contribution is -0.136. The molecule has 2 aliphatic heterocycles. The Morgan fingerprint density at radius 2 is 2.00 bits per heavy atom. The van der Waals surface area contributed by atoms with Crippen molar-refractivity contribution in [1.29, 1.82) is 0 Å². The highest BCUT2D eigenvalue weighted by Gasteiger charge is 2.41. The van der Waals surface area contributed by atoms with Gasteiger partial charge in [0.15, 0.2) is 0 Å². The summed E-state index contributed by atoms with van der Waals surface area (Å²) in [5.41, 5.74) is 3.88. The van der Waals surface area contributed by atoms with Gasteiger partial charge in [0.25, 0.3) is 0 Å². The molecule has 0 saturated carbocycles. The van der Waals surface area contributed by atoms with Gasteiger partial charge in [-0.2, -0.15) is 0 Å². The summed E-state index contributed by atoms with van der Waals surface area (Å²) in [6, 6.07) is 13.4. The van der Waals surface area contributed by atoms with E-state index in [1.807, 2.05) is 41.3 Å². The van der Waals surface area contributed by atoms with E-state index < -0.39 is 0 Å². The molecule has 2 aliphatic rings. The van der Waals surface area contributed by atoms with Crippen molar-refractivity contribution < 1.29 is 14.3 Å². The number of hydrogen-bond donors (Lipinski definition) is 1. The van der Waals surface area contributed by atoms with Crippen LogP contribution >= 0.6 is 0 Å². The van der Waals surface area contributed by atoms with Gasteiger partial charge in [-0.1, -0.05) is 6.07 Å². The maximum absolute atomic E-state index is 13.4. The van der Waals surface area contributed by atoms with Crippen molar-refractivity contribution in [2.24, 2.45) is 5.92 Å². The number of carbonyl (C=O) groups is 2. The van der Waals surface area contributed by atoms with Crippen molar-refractivity contribution in [3.63, 3.8) is 0 Å². The number of ether oxygens (including phenoxy) is 1. The number of imidazole rings is 1. The molecule has 160 valence electrons. The molecule has 1 aromatic heterocycles. The molecule has 0 bridgehead atoms. The van der Waals surface area contributed by atoms with Crippen LogP contribution in [0.3, 0.4) is 0 Å². The summed E-state index contributed by atoms with van der Waals surface area (Å²) in [7, 11) is 1.61. The van der Waals surface area contributed by atoms with Gasteiger partial charge in [-0.3, -0.25) is 9.59 Å². The number of rotatable bonds is 4. The van der Waals surface area contributed by atoms with Crippen LogP contribution in [0.25, 0.3) is 11.0 Å². The molecule has 2 fully saturated rings. The zero-order chi connectivity index (χ0) is 21.5. The molecule has 0 spiro atoms. The molecule has 5 rings (SSSR count). The van der Waals surface area contributed by atoms with Gasteiger partial charge in [0.1, 0.15) is 11.6 Å². The second-order valence-corrected chi connectivity index (χ2v) is 8.44. The quantitative estimate of drug-likeness (QED) is 0.702. The molecule has 2 saturated heterocycles. The van der Waals surface area contributed by atoms with Crippen LogP contribution in [0.1, 0.15) is 36.7 Å². The van der Waals surface area contributed by atoms with Crippen LogP contribution in [0, 0.1) is 12.8 Å². The summed E-state index contributed by atoms with van der Waals surface area (Å²) >= 11 is 0. The standard InChI is InChI=1S/C24H26N4O3/c1-15-5-10-19-20(12-15)26-23(25-19)21-4-3-11-27(21)24(30)16-13-22(29)28(14-16)17-6-8-18(31-2)9-7-17/h5-10,12,16,21H,3-4,11,13-14H2,1-2H3,(H,25,26). The second-order valence-electron chi connectivity index (χ2n) is 8.44. The zero-order valence-electron chi connectivity index (χ0n) is 17.8. The Bertz CT molecular complexity index is 1140. The minimum Gasteiger partial charge on any atom is -0.497 e. The molecule has 0 radical (unpaired) electrons. The van der Waals surface area contributed by atoms with Crippen molar-refractivity contribution in [3.8, 4) is 5.75 Å². The van der Waals surface area contributed by atoms with Crippen molar-refractivity contribution in [2.75, 3.05) is 25.1 Å². The van der Waals surface area contributed by atoms with E-state index >= 15 is 0 Å². The van der Waals surface area contributed by atoms with Gasteiger partial charge in [-0.05, 0) is 61.7 Å². The molecule has 2 atom stereocenters. The van der Waals surface area contributed by atoms with Crippen LogP contribution in [0.5, 0.6) is 5.75 Å². The molecule has 7 nitrogen and oxygen atoms in total. The molecule has 0 aliphatic carbocycles. The first-order valence-electron chi connectivity index (χ1n) is 10.7. The first kappa shape index (κ1) is 19.6. The van der Waals surface area contributed by atoms with Gasteiger partial charge < -0.3 is 19.5 Å². The fourth-order valence-electron chi connectivity index (χ4n) is 4.73. The average Bonchev–Trinajstić information content (AvgIpc) is 3.50. The van der Waals surface area contributed by atoms with Crippen molar-refractivity contribution in [3.05, 3.63) is 53.9 Å². The third-order valence-electron chi connectivity index (χ3n) is 6.37. The van der Waals surface area contributed by atoms with E-state index in [1.54, 1.807) is 12.0 Å². The number of anilines is 1. The Morgan fingerprint density at radius 1 is 1.19 bits per heavy atom. The summed E-state index contributed by atoms with van der Waals surface area (Å²) in [5.74, 6) is 1.27. The number of carbonyl (C=O) groups excluding carboxylic acids is 2. The smallest absolute Gasteiger partial charge is 0.228 e. The van der Waals surface area contributed by atoms with Crippen molar-refractivity contribution in [1.82, 2.24) is 14.9 Å². The van der Waals surface area contributed by atoms with Crippen molar-refractivity contribution >= 4 is 28.5 Å². The van der Waals surface area contributed by atoms with E-state index in [4.69, 9.17) is 9.72 Å². The molecule has 3 aromatic rings. The Hall–Kier alpha value is -3.35. The third kappa shape index (κ3) is 3.54. The lowest BCUT2D eigenvalue weighted by Gasteiger charge is -2.26. The molecule has 2 unspecified atom stereocenters. The Kier molecular flexibility index (Phi) is 4.88. The predicted molar refractivity (Wildman–Crippen MR) is 118 cm³/mol. The number of likely N-dealkylation sites (tertiary alicyclic amines) is 1. The monoisotopic (exact) mass is 418 g/mol. The van der Waals surface area contributed by atoms with E-state index in [2.05, 4.69) is 18.0 Å². The molecule has 7 heteroatoms. The number of benzene rings is 2. The van der Waals surface area contributed by atoms with E-state index in [0.717, 1.165) is 41.1 Å². The number of nitrogens with zero attached hydrogens (tertiary/aromatic N) is 3. The maximum atomic E-state index is 13.4. The summed E-state index contributed by atoms with van der Waals surface area (Å²) < 4.78 is 5.19. The first-order valence-corrected chi connectivity index (χ1v) is 10.7. The first-order chi connectivity index (χ1) is 15.0. The largest absolute Gasteiger partial charge is 0.497 e. The van der Waals surface area contributed by atoms with Gasteiger partial charge in [-0.25, -0.2) is 4.98 Å². The predicted octanol–water partition coefficient (Wildman–Crippen LogP) is 3.60. The van der Waals surface area contributed by atoms with Gasteiger partial charge >= 0.3 is 0 Å². The van der Waals surface area contributed by atoms with Crippen LogP contribution < -0.4 is 9.64 Å². The SMILES string of the molecule is COc1ccc(N2CC(C(=O)N3CCCC3c3nc4ccc(C)cc4[nH]3)CC2=O)cc1. The normalized spacial score (nSPS) is 21.3. The highest BCUT2D eigenvalue weighted by atomic mass is 16.5. The number of aromatic nitrogens is 2. The number of aromatic amines is 1. The Balaban J connectivity index is 1.34. The lowest BCUT2D eigenvalue weighted by atomic mass is 10.1. The molecule has 3 heterocycles. The Morgan fingerprint density at radius 3 is 2.77 bits per heavy atom. The van der Waals surface area contributed by atoms with Gasteiger partial charge in [0.2, 0.25) is 11.8 Å². The summed E-state index contributed by atoms with van der Waals surface area (Å²) in [6.07, 6.45) is 2.07. The number of fused-ring (bicyclic) bond motifs is 1. The molecule has 2 aromatic carbocycles. The van der Waals surface area contributed by atoms with Crippen LogP contribution in [0.4, 0.5) is 5.69 Å². The van der Waals surface area contributed by atoms with Gasteiger partial charge in [0, 0.05) is 25.2 Å². The molecular formula is C24H26N4O3. The minimum atomic E-state index is -0.332. The zero-order valence-corrected chi connectivity index (χ0v) is 17.8. The van der Waals surface area contributed by atoms with Crippen molar-refractivity contribution in [2.45, 2.75) is 32.2 Å². The molecular weight excluding hydrogens is 392 g/mol. The van der Waals surface area contributed by atoms with Crippen LogP contribution in [-0.2, 0) is 9.59 Å². The van der Waals surface area contributed by atoms with E-state index in [-0.39, 0.29) is 30.2 Å². The summed E-state index contributed by atoms with van der Waals surface area (Å²) in [5, 5.41) is 0.